The maximum atomic E-state index is 13.7. The Morgan fingerprint density at radius 2 is 1.52 bits per heavy atom. The highest BCUT2D eigenvalue weighted by molar-refractivity contribution is 6.45. The zero-order chi connectivity index (χ0) is 22.0. The molecule has 0 radical (unpaired) electrons. The number of ether oxygens (including phenoxy) is 2. The number of piperazine rings is 1. The molecule has 0 spiro atoms. The van der Waals surface area contributed by atoms with Gasteiger partial charge in [0.2, 0.25) is 0 Å². The number of likely N-dealkylation sites (N-methyl/N-ethyl adjacent to an activating group) is 1. The van der Waals surface area contributed by atoms with Crippen LogP contribution >= 0.6 is 0 Å². The standard InChI is InChI=1S/C24H27N3O4/c1-4-25-13-15-26(16-14-25)22-21(17-9-11-18(30-2)12-10-17)23(28)27(24(22)29)19-7-5-6-8-20(19)31-3/h5-12H,4,13-16H2,1-3H3. The number of nitrogens with zero attached hydrogens (tertiary/aromatic N) is 3. The normalized spacial score (nSPS) is 17.5. The molecule has 7 nitrogen and oxygen atoms in total. The number of hydrogen-bond acceptors (Lipinski definition) is 6. The van der Waals surface area contributed by atoms with E-state index in [2.05, 4.69) is 11.8 Å². The number of carbonyl (C=O) groups is 2. The van der Waals surface area contributed by atoms with E-state index in [0.717, 1.165) is 19.6 Å². The van der Waals surface area contributed by atoms with Crippen LogP contribution in [-0.2, 0) is 9.59 Å². The van der Waals surface area contributed by atoms with Gasteiger partial charge in [-0.2, -0.15) is 0 Å². The molecule has 2 aliphatic heterocycles. The smallest absolute Gasteiger partial charge is 0.282 e. The fourth-order valence-corrected chi connectivity index (χ4v) is 4.15. The summed E-state index contributed by atoms with van der Waals surface area (Å²) in [6.45, 7) is 6.20. The highest BCUT2D eigenvalue weighted by atomic mass is 16.5. The Bertz CT molecular complexity index is 1010. The number of para-hydroxylation sites is 2. The molecule has 4 rings (SSSR count). The van der Waals surface area contributed by atoms with Gasteiger partial charge >= 0.3 is 0 Å². The lowest BCUT2D eigenvalue weighted by Gasteiger charge is -2.36. The molecule has 2 aromatic carbocycles. The first-order valence-electron chi connectivity index (χ1n) is 10.5. The van der Waals surface area contributed by atoms with Crippen molar-refractivity contribution in [2.24, 2.45) is 0 Å². The quantitative estimate of drug-likeness (QED) is 0.669. The van der Waals surface area contributed by atoms with Gasteiger partial charge in [-0.25, -0.2) is 4.90 Å². The van der Waals surface area contributed by atoms with Gasteiger partial charge < -0.3 is 19.3 Å². The number of anilines is 1. The van der Waals surface area contributed by atoms with Crippen molar-refractivity contribution < 1.29 is 19.1 Å². The molecule has 0 aliphatic carbocycles. The number of imide groups is 1. The second-order valence-electron chi connectivity index (χ2n) is 7.49. The van der Waals surface area contributed by atoms with Crippen molar-refractivity contribution in [3.8, 4) is 11.5 Å². The molecular weight excluding hydrogens is 394 g/mol. The maximum Gasteiger partial charge on any atom is 0.282 e. The van der Waals surface area contributed by atoms with Gasteiger partial charge in [0.05, 0.1) is 25.5 Å². The number of methoxy groups -OCH3 is 2. The van der Waals surface area contributed by atoms with Gasteiger partial charge in [-0.15, -0.1) is 0 Å². The number of benzene rings is 2. The van der Waals surface area contributed by atoms with E-state index in [1.165, 1.54) is 12.0 Å². The lowest BCUT2D eigenvalue weighted by molar-refractivity contribution is -0.120. The summed E-state index contributed by atoms with van der Waals surface area (Å²) in [4.78, 5) is 32.9. The van der Waals surface area contributed by atoms with Crippen LogP contribution in [0.4, 0.5) is 5.69 Å². The third-order valence-electron chi connectivity index (χ3n) is 5.90. The SMILES string of the molecule is CCN1CCN(C2=C(c3ccc(OC)cc3)C(=O)N(c3ccccc3OC)C2=O)CC1. The van der Waals surface area contributed by atoms with Crippen LogP contribution in [0.15, 0.2) is 54.2 Å². The molecule has 2 aliphatic rings. The van der Waals surface area contributed by atoms with E-state index in [4.69, 9.17) is 9.47 Å². The minimum atomic E-state index is -0.340. The van der Waals surface area contributed by atoms with Gasteiger partial charge in [-0.05, 0) is 36.4 Å². The summed E-state index contributed by atoms with van der Waals surface area (Å²) in [6, 6.07) is 14.4. The van der Waals surface area contributed by atoms with Gasteiger partial charge in [-0.3, -0.25) is 9.59 Å². The van der Waals surface area contributed by atoms with Crippen molar-refractivity contribution in [3.63, 3.8) is 0 Å². The summed E-state index contributed by atoms with van der Waals surface area (Å²) in [5.74, 6) is 0.522. The molecule has 0 aromatic heterocycles. The molecule has 0 N–H and O–H groups in total. The molecule has 2 aromatic rings. The minimum absolute atomic E-state index is 0.315. The zero-order valence-corrected chi connectivity index (χ0v) is 18.1. The predicted molar refractivity (Wildman–Crippen MR) is 119 cm³/mol. The summed E-state index contributed by atoms with van der Waals surface area (Å²) in [5, 5.41) is 0. The van der Waals surface area contributed by atoms with Crippen LogP contribution in [0.3, 0.4) is 0 Å². The van der Waals surface area contributed by atoms with E-state index in [0.29, 0.717) is 47.1 Å². The van der Waals surface area contributed by atoms with E-state index in [9.17, 15) is 9.59 Å². The lowest BCUT2D eigenvalue weighted by atomic mass is 10.0. The Labute approximate surface area is 182 Å². The third-order valence-corrected chi connectivity index (χ3v) is 5.90. The van der Waals surface area contributed by atoms with E-state index < -0.39 is 0 Å². The van der Waals surface area contributed by atoms with E-state index >= 15 is 0 Å². The molecule has 31 heavy (non-hydrogen) atoms. The van der Waals surface area contributed by atoms with Crippen molar-refractivity contribution in [2.75, 3.05) is 51.8 Å². The van der Waals surface area contributed by atoms with Gasteiger partial charge in [0.15, 0.2) is 0 Å². The van der Waals surface area contributed by atoms with Crippen molar-refractivity contribution in [1.29, 1.82) is 0 Å². The zero-order valence-electron chi connectivity index (χ0n) is 18.1. The molecular formula is C24H27N3O4. The number of carbonyl (C=O) groups excluding carboxylic acids is 2. The van der Waals surface area contributed by atoms with E-state index in [-0.39, 0.29) is 11.8 Å². The molecule has 1 fully saturated rings. The molecule has 7 heteroatoms. The summed E-state index contributed by atoms with van der Waals surface area (Å²) in [7, 11) is 3.13. The average molecular weight is 421 g/mol. The lowest BCUT2D eigenvalue weighted by Crippen LogP contribution is -2.47. The molecule has 2 heterocycles. The molecule has 0 unspecified atom stereocenters. The van der Waals surface area contributed by atoms with Gasteiger partial charge in [0, 0.05) is 26.2 Å². The topological polar surface area (TPSA) is 62.3 Å². The minimum Gasteiger partial charge on any atom is -0.497 e. The number of amides is 2. The number of hydrogen-bond donors (Lipinski definition) is 0. The van der Waals surface area contributed by atoms with E-state index in [1.54, 1.807) is 37.4 Å². The Kier molecular flexibility index (Phi) is 5.95. The monoisotopic (exact) mass is 421 g/mol. The Morgan fingerprint density at radius 1 is 0.839 bits per heavy atom. The van der Waals surface area contributed by atoms with Gasteiger partial charge in [-0.1, -0.05) is 31.2 Å². The van der Waals surface area contributed by atoms with Crippen molar-refractivity contribution in [1.82, 2.24) is 9.80 Å². The second kappa shape index (κ2) is 8.81. The molecule has 2 amide bonds. The highest BCUT2D eigenvalue weighted by Crippen LogP contribution is 2.39. The van der Waals surface area contributed by atoms with Crippen LogP contribution in [-0.4, -0.2) is 68.6 Å². The summed E-state index contributed by atoms with van der Waals surface area (Å²) in [6.07, 6.45) is 0. The van der Waals surface area contributed by atoms with Crippen LogP contribution in [0.5, 0.6) is 11.5 Å². The predicted octanol–water partition coefficient (Wildman–Crippen LogP) is 2.63. The highest BCUT2D eigenvalue weighted by Gasteiger charge is 2.43. The summed E-state index contributed by atoms with van der Waals surface area (Å²) in [5.41, 5.74) is 2.03. The fraction of sp³-hybridized carbons (Fsp3) is 0.333. The molecule has 0 bridgehead atoms. The van der Waals surface area contributed by atoms with Crippen LogP contribution in [0, 0.1) is 0 Å². The first-order chi connectivity index (χ1) is 15.1. The van der Waals surface area contributed by atoms with E-state index in [1.807, 2.05) is 23.1 Å². The van der Waals surface area contributed by atoms with Crippen molar-refractivity contribution in [3.05, 3.63) is 59.8 Å². The molecule has 0 saturated carbocycles. The van der Waals surface area contributed by atoms with Crippen LogP contribution < -0.4 is 14.4 Å². The number of rotatable bonds is 6. The van der Waals surface area contributed by atoms with Crippen molar-refractivity contribution >= 4 is 23.1 Å². The first kappa shape index (κ1) is 20.9. The average Bonchev–Trinajstić information content (AvgIpc) is 3.08. The summed E-state index contributed by atoms with van der Waals surface area (Å²) < 4.78 is 10.7. The molecule has 0 atom stereocenters. The fourth-order valence-electron chi connectivity index (χ4n) is 4.15. The largest absolute Gasteiger partial charge is 0.497 e. The summed E-state index contributed by atoms with van der Waals surface area (Å²) >= 11 is 0. The van der Waals surface area contributed by atoms with Crippen LogP contribution in [0.1, 0.15) is 12.5 Å². The maximum absolute atomic E-state index is 13.7. The third kappa shape index (κ3) is 3.77. The molecule has 1 saturated heterocycles. The van der Waals surface area contributed by atoms with Crippen LogP contribution in [0.2, 0.25) is 0 Å². The van der Waals surface area contributed by atoms with Gasteiger partial charge in [0.1, 0.15) is 17.2 Å². The Hall–Kier alpha value is -3.32. The Balaban J connectivity index is 1.79. The molecule has 162 valence electrons. The van der Waals surface area contributed by atoms with Crippen molar-refractivity contribution in [2.45, 2.75) is 6.92 Å². The van der Waals surface area contributed by atoms with Gasteiger partial charge in [0.25, 0.3) is 11.8 Å². The second-order valence-corrected chi connectivity index (χ2v) is 7.49. The first-order valence-corrected chi connectivity index (χ1v) is 10.5. The van der Waals surface area contributed by atoms with Crippen LogP contribution in [0.25, 0.3) is 5.57 Å². The Morgan fingerprint density at radius 3 is 2.13 bits per heavy atom.